The maximum Gasteiger partial charge on any atom is 0.223 e. The summed E-state index contributed by atoms with van der Waals surface area (Å²) in [6.07, 6.45) is 0. The molecule has 122 valence electrons. The van der Waals surface area contributed by atoms with Crippen LogP contribution in [0.1, 0.15) is 0 Å². The van der Waals surface area contributed by atoms with E-state index in [2.05, 4.69) is 9.97 Å². The summed E-state index contributed by atoms with van der Waals surface area (Å²) in [6.45, 7) is 0. The van der Waals surface area contributed by atoms with Gasteiger partial charge in [-0.1, -0.05) is 18.2 Å². The van der Waals surface area contributed by atoms with Gasteiger partial charge in [0.05, 0.1) is 11.2 Å². The Morgan fingerprint density at radius 1 is 0.760 bits per heavy atom. The average molecular weight is 351 g/mol. The van der Waals surface area contributed by atoms with E-state index in [1.807, 2.05) is 48.5 Å². The largest absolute Gasteiger partial charge is 0.457 e. The topological polar surface area (TPSA) is 35.0 Å². The van der Waals surface area contributed by atoms with Gasteiger partial charge in [-0.2, -0.15) is 0 Å². The van der Waals surface area contributed by atoms with E-state index in [1.165, 1.54) is 12.1 Å². The summed E-state index contributed by atoms with van der Waals surface area (Å²) in [4.78, 5) is 8.61. The SMILES string of the molecule is Fc1ccc(Oc2ccc(-c3nc(Cl)nc4ccccc34)cc2)cc1. The third-order valence-electron chi connectivity index (χ3n) is 3.75. The van der Waals surface area contributed by atoms with Crippen molar-refractivity contribution in [2.24, 2.45) is 0 Å². The van der Waals surface area contributed by atoms with Crippen LogP contribution in [-0.4, -0.2) is 9.97 Å². The molecule has 5 heteroatoms. The molecule has 25 heavy (non-hydrogen) atoms. The van der Waals surface area contributed by atoms with Crippen LogP contribution >= 0.6 is 11.6 Å². The fourth-order valence-corrected chi connectivity index (χ4v) is 2.76. The molecule has 0 amide bonds. The second-order valence-corrected chi connectivity index (χ2v) is 5.78. The van der Waals surface area contributed by atoms with E-state index in [1.54, 1.807) is 12.1 Å². The number of hydrogen-bond acceptors (Lipinski definition) is 3. The molecule has 4 aromatic rings. The Morgan fingerprint density at radius 3 is 2.12 bits per heavy atom. The number of nitrogens with zero attached hydrogens (tertiary/aromatic N) is 2. The molecule has 0 aliphatic rings. The first-order chi connectivity index (χ1) is 12.2. The smallest absolute Gasteiger partial charge is 0.223 e. The molecule has 0 aliphatic carbocycles. The number of aromatic nitrogens is 2. The van der Waals surface area contributed by atoms with Crippen LogP contribution in [0.25, 0.3) is 22.2 Å². The normalized spacial score (nSPS) is 10.8. The molecular weight excluding hydrogens is 339 g/mol. The van der Waals surface area contributed by atoms with E-state index in [-0.39, 0.29) is 11.1 Å². The molecule has 0 fully saturated rings. The minimum absolute atomic E-state index is 0.209. The highest BCUT2D eigenvalue weighted by Gasteiger charge is 2.09. The van der Waals surface area contributed by atoms with Gasteiger partial charge < -0.3 is 4.74 Å². The van der Waals surface area contributed by atoms with Crippen molar-refractivity contribution in [3.05, 3.63) is 83.9 Å². The first-order valence-corrected chi connectivity index (χ1v) is 8.03. The Kier molecular flexibility index (Phi) is 4.04. The van der Waals surface area contributed by atoms with Crippen molar-refractivity contribution >= 4 is 22.5 Å². The van der Waals surface area contributed by atoms with Crippen LogP contribution < -0.4 is 4.74 Å². The van der Waals surface area contributed by atoms with Gasteiger partial charge in [0.15, 0.2) is 0 Å². The molecule has 1 aromatic heterocycles. The molecule has 3 aromatic carbocycles. The van der Waals surface area contributed by atoms with E-state index in [0.29, 0.717) is 11.5 Å². The summed E-state index contributed by atoms with van der Waals surface area (Å²) >= 11 is 6.05. The molecule has 0 aliphatic heterocycles. The van der Waals surface area contributed by atoms with E-state index in [0.717, 1.165) is 22.2 Å². The molecule has 0 spiro atoms. The maximum absolute atomic E-state index is 12.9. The summed E-state index contributed by atoms with van der Waals surface area (Å²) in [5.74, 6) is 0.930. The van der Waals surface area contributed by atoms with Crippen LogP contribution in [0.15, 0.2) is 72.8 Å². The number of rotatable bonds is 3. The summed E-state index contributed by atoms with van der Waals surface area (Å²) in [5.41, 5.74) is 2.47. The highest BCUT2D eigenvalue weighted by atomic mass is 35.5. The second-order valence-electron chi connectivity index (χ2n) is 5.44. The van der Waals surface area contributed by atoms with Crippen LogP contribution in [0.3, 0.4) is 0 Å². The number of fused-ring (bicyclic) bond motifs is 1. The number of halogens is 2. The zero-order chi connectivity index (χ0) is 17.2. The van der Waals surface area contributed by atoms with Crippen molar-refractivity contribution in [3.8, 4) is 22.8 Å². The standard InChI is InChI=1S/C20H12ClFN2O/c21-20-23-18-4-2-1-3-17(18)19(24-20)13-5-9-15(10-6-13)25-16-11-7-14(22)8-12-16/h1-12H. The molecule has 0 N–H and O–H groups in total. The van der Waals surface area contributed by atoms with Gasteiger partial charge in [-0.3, -0.25) is 0 Å². The highest BCUT2D eigenvalue weighted by Crippen LogP contribution is 2.29. The molecule has 0 unspecified atom stereocenters. The Balaban J connectivity index is 1.67. The summed E-state index contributed by atoms with van der Waals surface area (Å²) in [7, 11) is 0. The predicted molar refractivity (Wildman–Crippen MR) is 96.5 cm³/mol. The van der Waals surface area contributed by atoms with Gasteiger partial charge in [0, 0.05) is 10.9 Å². The molecule has 3 nitrogen and oxygen atoms in total. The van der Waals surface area contributed by atoms with Gasteiger partial charge in [-0.15, -0.1) is 0 Å². The third-order valence-corrected chi connectivity index (χ3v) is 3.92. The predicted octanol–water partition coefficient (Wildman–Crippen LogP) is 5.88. The van der Waals surface area contributed by atoms with Gasteiger partial charge in [-0.25, -0.2) is 14.4 Å². The first-order valence-electron chi connectivity index (χ1n) is 7.65. The monoisotopic (exact) mass is 350 g/mol. The lowest BCUT2D eigenvalue weighted by Crippen LogP contribution is -1.91. The van der Waals surface area contributed by atoms with Crippen LogP contribution in [0.5, 0.6) is 11.5 Å². The van der Waals surface area contributed by atoms with Gasteiger partial charge in [0.25, 0.3) is 0 Å². The molecule has 0 radical (unpaired) electrons. The fraction of sp³-hybridized carbons (Fsp3) is 0. The molecule has 0 saturated carbocycles. The fourth-order valence-electron chi connectivity index (χ4n) is 2.59. The average Bonchev–Trinajstić information content (AvgIpc) is 2.63. The quantitative estimate of drug-likeness (QED) is 0.433. The zero-order valence-electron chi connectivity index (χ0n) is 13.0. The van der Waals surface area contributed by atoms with Crippen LogP contribution in [0.2, 0.25) is 5.28 Å². The van der Waals surface area contributed by atoms with Crippen LogP contribution in [-0.2, 0) is 0 Å². The van der Waals surface area contributed by atoms with Crippen molar-refractivity contribution < 1.29 is 9.13 Å². The van der Waals surface area contributed by atoms with Crippen molar-refractivity contribution in [2.45, 2.75) is 0 Å². The summed E-state index contributed by atoms with van der Waals surface area (Å²) < 4.78 is 18.7. The van der Waals surface area contributed by atoms with Crippen molar-refractivity contribution in [3.63, 3.8) is 0 Å². The first kappa shape index (κ1) is 15.5. The van der Waals surface area contributed by atoms with Gasteiger partial charge in [0.2, 0.25) is 5.28 Å². The second kappa shape index (κ2) is 6.49. The molecule has 0 atom stereocenters. The number of ether oxygens (including phenoxy) is 1. The minimum Gasteiger partial charge on any atom is -0.457 e. The molecule has 1 heterocycles. The van der Waals surface area contributed by atoms with Crippen LogP contribution in [0.4, 0.5) is 4.39 Å². The number of hydrogen-bond donors (Lipinski definition) is 0. The molecule has 4 rings (SSSR count). The molecule has 0 bridgehead atoms. The number of para-hydroxylation sites is 1. The van der Waals surface area contributed by atoms with Gasteiger partial charge >= 0.3 is 0 Å². The minimum atomic E-state index is -0.296. The zero-order valence-corrected chi connectivity index (χ0v) is 13.7. The third kappa shape index (κ3) is 3.30. The van der Waals surface area contributed by atoms with E-state index < -0.39 is 0 Å². The summed E-state index contributed by atoms with van der Waals surface area (Å²) in [6, 6.07) is 21.1. The summed E-state index contributed by atoms with van der Waals surface area (Å²) in [5, 5.41) is 1.14. The van der Waals surface area contributed by atoms with E-state index in [9.17, 15) is 4.39 Å². The number of benzene rings is 3. The maximum atomic E-state index is 12.9. The highest BCUT2D eigenvalue weighted by molar-refractivity contribution is 6.28. The molecule has 0 saturated heterocycles. The Labute approximate surface area is 148 Å². The lowest BCUT2D eigenvalue weighted by Gasteiger charge is -2.08. The van der Waals surface area contributed by atoms with Crippen molar-refractivity contribution in [1.29, 1.82) is 0 Å². The Hall–Kier alpha value is -2.98. The Bertz CT molecular complexity index is 1030. The van der Waals surface area contributed by atoms with Crippen LogP contribution in [0, 0.1) is 5.82 Å². The van der Waals surface area contributed by atoms with Crippen molar-refractivity contribution in [2.75, 3.05) is 0 Å². The van der Waals surface area contributed by atoms with E-state index >= 15 is 0 Å². The van der Waals surface area contributed by atoms with Gasteiger partial charge in [-0.05, 0) is 66.2 Å². The van der Waals surface area contributed by atoms with E-state index in [4.69, 9.17) is 16.3 Å². The Morgan fingerprint density at radius 2 is 1.40 bits per heavy atom. The lowest BCUT2D eigenvalue weighted by atomic mass is 10.1. The molecular formula is C20H12ClFN2O. The lowest BCUT2D eigenvalue weighted by molar-refractivity contribution is 0.480. The van der Waals surface area contributed by atoms with Gasteiger partial charge in [0.1, 0.15) is 17.3 Å². The van der Waals surface area contributed by atoms with Crippen molar-refractivity contribution in [1.82, 2.24) is 9.97 Å².